The van der Waals surface area contributed by atoms with E-state index in [1.165, 1.54) is 32.4 Å². The molecule has 0 atom stereocenters. The summed E-state index contributed by atoms with van der Waals surface area (Å²) in [6.07, 6.45) is 0. The third-order valence-corrected chi connectivity index (χ3v) is 5.77. The molecule has 25 heavy (non-hydrogen) atoms. The highest BCUT2D eigenvalue weighted by atomic mass is 79.9. The fourth-order valence-corrected chi connectivity index (χ4v) is 4.06. The smallest absolute Gasteiger partial charge is 0.335 e. The molecule has 0 bridgehead atoms. The molecule has 0 saturated carbocycles. The molecular weight excluding hydrogens is 414 g/mol. The number of methoxy groups -OCH3 is 2. The highest BCUT2D eigenvalue weighted by Crippen LogP contribution is 2.30. The van der Waals surface area contributed by atoms with Crippen LogP contribution in [0.3, 0.4) is 0 Å². The summed E-state index contributed by atoms with van der Waals surface area (Å²) in [4.78, 5) is 11.1. The van der Waals surface area contributed by atoms with E-state index in [-0.39, 0.29) is 16.1 Å². The molecule has 2 N–H and O–H groups in total. The Hall–Kier alpha value is -2.26. The molecule has 0 heterocycles. The molecule has 0 aliphatic carbocycles. The van der Waals surface area contributed by atoms with Crippen LogP contribution in [0.15, 0.2) is 39.7 Å². The minimum Gasteiger partial charge on any atom is -0.497 e. The zero-order valence-electron chi connectivity index (χ0n) is 13.7. The normalized spacial score (nSPS) is 11.0. The van der Waals surface area contributed by atoms with E-state index in [0.717, 1.165) is 6.07 Å². The maximum absolute atomic E-state index is 12.7. The Bertz CT molecular complexity index is 904. The van der Waals surface area contributed by atoms with Crippen LogP contribution in [0.2, 0.25) is 0 Å². The number of anilines is 1. The molecule has 2 rings (SSSR count). The highest BCUT2D eigenvalue weighted by Gasteiger charge is 2.22. The zero-order valence-corrected chi connectivity index (χ0v) is 16.1. The van der Waals surface area contributed by atoms with Crippen LogP contribution in [0.4, 0.5) is 5.69 Å². The van der Waals surface area contributed by atoms with Gasteiger partial charge in [0, 0.05) is 22.7 Å². The van der Waals surface area contributed by atoms with E-state index in [1.807, 2.05) is 0 Å². The summed E-state index contributed by atoms with van der Waals surface area (Å²) in [5.41, 5.74) is 0.487. The molecule has 2 aromatic carbocycles. The van der Waals surface area contributed by atoms with Crippen LogP contribution in [0.1, 0.15) is 15.9 Å². The first-order valence-electron chi connectivity index (χ1n) is 6.97. The fraction of sp³-hybridized carbons (Fsp3) is 0.188. The van der Waals surface area contributed by atoms with Crippen molar-refractivity contribution in [2.24, 2.45) is 0 Å². The number of benzene rings is 2. The Kier molecular flexibility index (Phi) is 5.58. The zero-order chi connectivity index (χ0) is 18.8. The van der Waals surface area contributed by atoms with Gasteiger partial charge in [0.25, 0.3) is 10.0 Å². The number of aromatic carboxylic acids is 1. The fourth-order valence-electron chi connectivity index (χ4n) is 2.13. The molecule has 0 aliphatic rings. The number of ether oxygens (including phenoxy) is 2. The van der Waals surface area contributed by atoms with Crippen molar-refractivity contribution in [2.75, 3.05) is 18.9 Å². The number of carboxylic acid groups (broad SMARTS) is 1. The van der Waals surface area contributed by atoms with Crippen molar-refractivity contribution in [1.82, 2.24) is 0 Å². The number of hydrogen-bond donors (Lipinski definition) is 2. The minimum atomic E-state index is -4.03. The average Bonchev–Trinajstić information content (AvgIpc) is 2.55. The van der Waals surface area contributed by atoms with Crippen molar-refractivity contribution in [2.45, 2.75) is 11.8 Å². The molecule has 2 aromatic rings. The predicted octanol–water partition coefficient (Wildman–Crippen LogP) is 3.27. The van der Waals surface area contributed by atoms with Crippen LogP contribution < -0.4 is 14.2 Å². The number of carbonyl (C=O) groups is 1. The first-order valence-corrected chi connectivity index (χ1v) is 9.25. The van der Waals surface area contributed by atoms with E-state index in [1.54, 1.807) is 13.0 Å². The van der Waals surface area contributed by atoms with Crippen LogP contribution in [0.5, 0.6) is 11.5 Å². The lowest BCUT2D eigenvalue weighted by molar-refractivity contribution is 0.0696. The van der Waals surface area contributed by atoms with Gasteiger partial charge in [-0.2, -0.15) is 0 Å². The van der Waals surface area contributed by atoms with Gasteiger partial charge >= 0.3 is 5.97 Å². The van der Waals surface area contributed by atoms with Crippen molar-refractivity contribution >= 4 is 37.6 Å². The van der Waals surface area contributed by atoms with Gasteiger partial charge in [-0.3, -0.25) is 4.72 Å². The van der Waals surface area contributed by atoms with Crippen molar-refractivity contribution < 1.29 is 27.8 Å². The molecule has 0 amide bonds. The lowest BCUT2D eigenvalue weighted by Crippen LogP contribution is -2.15. The van der Waals surface area contributed by atoms with E-state index >= 15 is 0 Å². The van der Waals surface area contributed by atoms with Gasteiger partial charge in [0.2, 0.25) is 0 Å². The standard InChI is InChI=1S/C16H16BrNO6S/c1-9-14(17)4-10(16(19)20)5-15(9)25(21,22)18-11-6-12(23-2)8-13(7-11)24-3/h4-8,18H,1-3H3,(H,19,20). The lowest BCUT2D eigenvalue weighted by Gasteiger charge is -2.14. The predicted molar refractivity (Wildman–Crippen MR) is 96.2 cm³/mol. The SMILES string of the molecule is COc1cc(NS(=O)(=O)c2cc(C(=O)O)cc(Br)c2C)cc(OC)c1. The number of sulfonamides is 1. The Morgan fingerprint density at radius 1 is 1.08 bits per heavy atom. The highest BCUT2D eigenvalue weighted by molar-refractivity contribution is 9.10. The van der Waals surface area contributed by atoms with Gasteiger partial charge < -0.3 is 14.6 Å². The molecule has 134 valence electrons. The van der Waals surface area contributed by atoms with Crippen molar-refractivity contribution in [3.8, 4) is 11.5 Å². The Balaban J connectivity index is 2.52. The van der Waals surface area contributed by atoms with Crippen molar-refractivity contribution in [3.05, 3.63) is 45.9 Å². The van der Waals surface area contributed by atoms with Crippen molar-refractivity contribution in [1.29, 1.82) is 0 Å². The second-order valence-electron chi connectivity index (χ2n) is 5.09. The van der Waals surface area contributed by atoms with Gasteiger partial charge in [-0.15, -0.1) is 0 Å². The molecule has 0 radical (unpaired) electrons. The molecule has 0 aromatic heterocycles. The summed E-state index contributed by atoms with van der Waals surface area (Å²) < 4.78 is 38.5. The van der Waals surface area contributed by atoms with Crippen LogP contribution in [-0.2, 0) is 10.0 Å². The number of rotatable bonds is 6. The van der Waals surface area contributed by atoms with Gasteiger partial charge in [0.15, 0.2) is 0 Å². The van der Waals surface area contributed by atoms with Gasteiger partial charge in [0.05, 0.1) is 30.4 Å². The largest absolute Gasteiger partial charge is 0.497 e. The Morgan fingerprint density at radius 2 is 1.64 bits per heavy atom. The quantitative estimate of drug-likeness (QED) is 0.730. The monoisotopic (exact) mass is 429 g/mol. The summed E-state index contributed by atoms with van der Waals surface area (Å²) in [6.45, 7) is 1.58. The third kappa shape index (κ3) is 4.23. The first-order chi connectivity index (χ1) is 11.7. The van der Waals surface area contributed by atoms with Crippen LogP contribution >= 0.6 is 15.9 Å². The maximum Gasteiger partial charge on any atom is 0.335 e. The van der Waals surface area contributed by atoms with E-state index in [4.69, 9.17) is 14.6 Å². The average molecular weight is 430 g/mol. The minimum absolute atomic E-state index is 0.138. The van der Waals surface area contributed by atoms with Gasteiger partial charge in [-0.25, -0.2) is 13.2 Å². The summed E-state index contributed by atoms with van der Waals surface area (Å²) in [5, 5.41) is 9.15. The number of carboxylic acids is 1. The van der Waals surface area contributed by atoms with E-state index in [9.17, 15) is 13.2 Å². The second-order valence-corrected chi connectivity index (χ2v) is 7.60. The Labute approximate surface area is 153 Å². The molecule has 0 fully saturated rings. The molecule has 7 nitrogen and oxygen atoms in total. The Morgan fingerprint density at radius 3 is 2.12 bits per heavy atom. The molecule has 0 aliphatic heterocycles. The topological polar surface area (TPSA) is 102 Å². The van der Waals surface area contributed by atoms with Gasteiger partial charge in [-0.05, 0) is 24.6 Å². The van der Waals surface area contributed by atoms with E-state index < -0.39 is 16.0 Å². The van der Waals surface area contributed by atoms with E-state index in [0.29, 0.717) is 21.5 Å². The van der Waals surface area contributed by atoms with Crippen molar-refractivity contribution in [3.63, 3.8) is 0 Å². The molecular formula is C16H16BrNO6S. The summed E-state index contributed by atoms with van der Waals surface area (Å²) in [6, 6.07) is 7.05. The third-order valence-electron chi connectivity index (χ3n) is 3.44. The molecule has 0 unspecified atom stereocenters. The first kappa shape index (κ1) is 19.1. The molecule has 0 saturated heterocycles. The summed E-state index contributed by atoms with van der Waals surface area (Å²) in [5.74, 6) is -0.399. The number of halogens is 1. The second kappa shape index (κ2) is 7.32. The van der Waals surface area contributed by atoms with Crippen LogP contribution in [-0.4, -0.2) is 33.7 Å². The molecule has 0 spiro atoms. The number of nitrogens with one attached hydrogen (secondary N) is 1. The molecule has 9 heteroatoms. The van der Waals surface area contributed by atoms with Crippen LogP contribution in [0, 0.1) is 6.92 Å². The van der Waals surface area contributed by atoms with Gasteiger partial charge in [0.1, 0.15) is 11.5 Å². The van der Waals surface area contributed by atoms with E-state index in [2.05, 4.69) is 20.7 Å². The summed E-state index contributed by atoms with van der Waals surface area (Å²) in [7, 11) is -1.13. The van der Waals surface area contributed by atoms with Crippen LogP contribution in [0.25, 0.3) is 0 Å². The summed E-state index contributed by atoms with van der Waals surface area (Å²) >= 11 is 3.19. The van der Waals surface area contributed by atoms with Gasteiger partial charge in [-0.1, -0.05) is 15.9 Å². The maximum atomic E-state index is 12.7. The number of hydrogen-bond acceptors (Lipinski definition) is 5. The lowest BCUT2D eigenvalue weighted by atomic mass is 10.1.